The van der Waals surface area contributed by atoms with Crippen LogP contribution in [-0.2, 0) is 14.8 Å². The predicted molar refractivity (Wildman–Crippen MR) is 153 cm³/mol. The van der Waals surface area contributed by atoms with Crippen LogP contribution in [0.4, 0.5) is 5.69 Å². The molecule has 0 bridgehead atoms. The molecule has 6 nitrogen and oxygen atoms in total. The van der Waals surface area contributed by atoms with Gasteiger partial charge in [-0.25, -0.2) is 8.42 Å². The van der Waals surface area contributed by atoms with E-state index in [1.807, 2.05) is 32.9 Å². The van der Waals surface area contributed by atoms with Gasteiger partial charge < -0.3 is 9.47 Å². The van der Waals surface area contributed by atoms with Crippen molar-refractivity contribution in [1.82, 2.24) is 0 Å². The summed E-state index contributed by atoms with van der Waals surface area (Å²) in [5.74, 6) is 0.509. The zero-order valence-corrected chi connectivity index (χ0v) is 23.7. The first kappa shape index (κ1) is 29.0. The van der Waals surface area contributed by atoms with Gasteiger partial charge in [-0.2, -0.15) is 4.31 Å². The number of aryl methyl sites for hydroxylation is 2. The zero-order valence-electron chi connectivity index (χ0n) is 22.9. The van der Waals surface area contributed by atoms with Gasteiger partial charge in [0.2, 0.25) is 0 Å². The van der Waals surface area contributed by atoms with Gasteiger partial charge in [0.05, 0.1) is 24.3 Å². The molecule has 0 atom stereocenters. The van der Waals surface area contributed by atoms with E-state index in [1.54, 1.807) is 49.6 Å². The van der Waals surface area contributed by atoms with E-state index in [2.05, 4.69) is 6.92 Å². The van der Waals surface area contributed by atoms with E-state index in [-0.39, 0.29) is 4.90 Å². The van der Waals surface area contributed by atoms with Gasteiger partial charge in [-0.3, -0.25) is 4.79 Å². The van der Waals surface area contributed by atoms with Crippen LogP contribution in [0.5, 0.6) is 11.5 Å². The van der Waals surface area contributed by atoms with Crippen molar-refractivity contribution in [3.8, 4) is 11.5 Å². The molecule has 0 aromatic heterocycles. The number of nitrogens with zero attached hydrogens (tertiary/aromatic N) is 1. The summed E-state index contributed by atoms with van der Waals surface area (Å²) in [4.78, 5) is 13.6. The number of unbranched alkanes of at least 4 members (excludes halogenated alkanes) is 3. The first-order chi connectivity index (χ1) is 18.2. The smallest absolute Gasteiger partial charge is 0.271 e. The van der Waals surface area contributed by atoms with Crippen molar-refractivity contribution in [2.45, 2.75) is 58.3 Å². The van der Waals surface area contributed by atoms with Crippen molar-refractivity contribution < 1.29 is 22.7 Å². The van der Waals surface area contributed by atoms with E-state index in [0.29, 0.717) is 34.9 Å². The molecule has 0 heterocycles. The van der Waals surface area contributed by atoms with Gasteiger partial charge in [0, 0.05) is 6.08 Å². The number of methoxy groups -OCH3 is 1. The number of anilines is 1. The number of hydrogen-bond acceptors (Lipinski definition) is 5. The molecule has 3 aromatic rings. The van der Waals surface area contributed by atoms with Crippen molar-refractivity contribution in [3.05, 3.63) is 89.0 Å². The third kappa shape index (κ3) is 7.04. The Morgan fingerprint density at radius 3 is 2.34 bits per heavy atom. The first-order valence-electron chi connectivity index (χ1n) is 12.9. The van der Waals surface area contributed by atoms with Gasteiger partial charge in [0.15, 0.2) is 11.5 Å². The summed E-state index contributed by atoms with van der Waals surface area (Å²) in [5.41, 5.74) is 3.54. The minimum Gasteiger partial charge on any atom is -0.493 e. The Balaban J connectivity index is 1.91. The third-order valence-corrected chi connectivity index (χ3v) is 8.14. The molecule has 0 radical (unpaired) electrons. The average molecular weight is 536 g/mol. The summed E-state index contributed by atoms with van der Waals surface area (Å²) in [6, 6.07) is 17.1. The second kappa shape index (κ2) is 13.3. The highest BCUT2D eigenvalue weighted by Crippen LogP contribution is 2.31. The normalized spacial score (nSPS) is 11.5. The molecule has 1 amide bonds. The molecule has 0 aliphatic carbocycles. The zero-order chi connectivity index (χ0) is 27.7. The summed E-state index contributed by atoms with van der Waals surface area (Å²) >= 11 is 0. The molecule has 0 saturated heterocycles. The lowest BCUT2D eigenvalue weighted by Crippen LogP contribution is -2.36. The van der Waals surface area contributed by atoms with Crippen molar-refractivity contribution >= 4 is 27.7 Å². The van der Waals surface area contributed by atoms with Crippen LogP contribution in [-0.4, -0.2) is 28.0 Å². The van der Waals surface area contributed by atoms with Crippen molar-refractivity contribution in [1.29, 1.82) is 0 Å². The van der Waals surface area contributed by atoms with E-state index in [1.165, 1.54) is 24.6 Å². The maximum Gasteiger partial charge on any atom is 0.271 e. The van der Waals surface area contributed by atoms with Gasteiger partial charge in [-0.1, -0.05) is 62.1 Å². The molecule has 0 spiro atoms. The summed E-state index contributed by atoms with van der Waals surface area (Å²) in [5, 5.41) is 0. The molecule has 7 heteroatoms. The maximum atomic E-state index is 13.7. The van der Waals surface area contributed by atoms with Gasteiger partial charge in [0.1, 0.15) is 0 Å². The number of carbonyl (C=O) groups excluding carboxylic acids is 1. The molecular formula is C31H37NO5S. The topological polar surface area (TPSA) is 72.9 Å². The van der Waals surface area contributed by atoms with E-state index in [9.17, 15) is 13.2 Å². The quantitative estimate of drug-likeness (QED) is 0.184. The molecule has 0 unspecified atom stereocenters. The van der Waals surface area contributed by atoms with Crippen LogP contribution < -0.4 is 13.8 Å². The second-order valence-electron chi connectivity index (χ2n) is 9.29. The van der Waals surface area contributed by atoms with Crippen LogP contribution in [0.3, 0.4) is 0 Å². The minimum absolute atomic E-state index is 0.0489. The van der Waals surface area contributed by atoms with Crippen LogP contribution in [0.15, 0.2) is 71.6 Å². The minimum atomic E-state index is -4.16. The fourth-order valence-corrected chi connectivity index (χ4v) is 5.44. The lowest BCUT2D eigenvalue weighted by molar-refractivity contribution is -0.113. The molecule has 0 N–H and O–H groups in total. The number of rotatable bonds is 12. The fraction of sp³-hybridized carbons (Fsp3) is 0.323. The molecule has 3 aromatic carbocycles. The summed E-state index contributed by atoms with van der Waals surface area (Å²) in [6.45, 7) is 8.34. The van der Waals surface area contributed by atoms with Crippen LogP contribution in [0.1, 0.15) is 54.9 Å². The number of ether oxygens (including phenoxy) is 2. The summed E-state index contributed by atoms with van der Waals surface area (Å²) in [7, 11) is -2.60. The number of benzene rings is 3. The SMILES string of the molecule is CCCCCCOc1ccc(/C=C/C(=O)N(c2cccc(C)c2C)S(=O)(=O)c2ccc(C)cc2)cc1OC. The highest BCUT2D eigenvalue weighted by Gasteiger charge is 2.31. The molecule has 0 aliphatic rings. The molecule has 38 heavy (non-hydrogen) atoms. The maximum absolute atomic E-state index is 13.7. The van der Waals surface area contributed by atoms with Gasteiger partial charge >= 0.3 is 0 Å². The molecule has 0 fully saturated rings. The van der Waals surface area contributed by atoms with E-state index in [4.69, 9.17) is 9.47 Å². The Bertz CT molecular complexity index is 1380. The number of sulfonamides is 1. The molecular weight excluding hydrogens is 498 g/mol. The van der Waals surface area contributed by atoms with Crippen molar-refractivity contribution in [2.75, 3.05) is 18.0 Å². The Kier molecular flexibility index (Phi) is 10.1. The molecule has 202 valence electrons. The van der Waals surface area contributed by atoms with Crippen LogP contribution in [0.25, 0.3) is 6.08 Å². The molecule has 0 saturated carbocycles. The molecule has 0 aliphatic heterocycles. The van der Waals surface area contributed by atoms with E-state index in [0.717, 1.165) is 34.7 Å². The van der Waals surface area contributed by atoms with Gasteiger partial charge in [-0.15, -0.1) is 0 Å². The average Bonchev–Trinajstić information content (AvgIpc) is 2.90. The summed E-state index contributed by atoms with van der Waals surface area (Å²) in [6.07, 6.45) is 7.28. The molecule has 3 rings (SSSR count). The van der Waals surface area contributed by atoms with Crippen molar-refractivity contribution in [3.63, 3.8) is 0 Å². The highest BCUT2D eigenvalue weighted by atomic mass is 32.2. The highest BCUT2D eigenvalue weighted by molar-refractivity contribution is 7.93. The number of amides is 1. The number of hydrogen-bond donors (Lipinski definition) is 0. The summed E-state index contributed by atoms with van der Waals surface area (Å²) < 4.78 is 39.7. The third-order valence-electron chi connectivity index (χ3n) is 6.42. The fourth-order valence-electron chi connectivity index (χ4n) is 3.99. The van der Waals surface area contributed by atoms with Gasteiger partial charge in [-0.05, 0) is 80.3 Å². The Labute approximate surface area is 227 Å². The van der Waals surface area contributed by atoms with Crippen molar-refractivity contribution in [2.24, 2.45) is 0 Å². The van der Waals surface area contributed by atoms with Crippen LogP contribution in [0, 0.1) is 20.8 Å². The first-order valence-corrected chi connectivity index (χ1v) is 14.3. The lowest BCUT2D eigenvalue weighted by atomic mass is 10.1. The van der Waals surface area contributed by atoms with E-state index >= 15 is 0 Å². The standard InChI is InChI=1S/C31H37NO5S/c1-6-7-8-9-21-37-29-19-15-26(22-30(29)36-5)16-20-31(33)32(28-12-10-11-24(3)25(28)4)38(34,35)27-17-13-23(2)14-18-27/h10-20,22H,6-9,21H2,1-5H3/b20-16+. The van der Waals surface area contributed by atoms with E-state index < -0.39 is 15.9 Å². The second-order valence-corrected chi connectivity index (χ2v) is 11.1. The lowest BCUT2D eigenvalue weighted by Gasteiger charge is -2.24. The van der Waals surface area contributed by atoms with Gasteiger partial charge in [0.25, 0.3) is 15.9 Å². The number of carbonyl (C=O) groups is 1. The Hall–Kier alpha value is -3.58. The monoisotopic (exact) mass is 535 g/mol. The Morgan fingerprint density at radius 2 is 1.66 bits per heavy atom. The van der Waals surface area contributed by atoms with Crippen LogP contribution >= 0.6 is 0 Å². The Morgan fingerprint density at radius 1 is 0.921 bits per heavy atom. The largest absolute Gasteiger partial charge is 0.493 e. The predicted octanol–water partition coefficient (Wildman–Crippen LogP) is 7.01. The van der Waals surface area contributed by atoms with Crippen LogP contribution in [0.2, 0.25) is 0 Å².